The number of benzene rings is 1. The average Bonchev–Trinajstić information content (AvgIpc) is 2.53. The number of rotatable bonds is 5. The summed E-state index contributed by atoms with van der Waals surface area (Å²) >= 11 is 0. The maximum absolute atomic E-state index is 12.2. The number of nitrogens with one attached hydrogen (secondary N) is 1. The minimum atomic E-state index is 0. The van der Waals surface area contributed by atoms with Crippen LogP contribution in [-0.2, 0) is 10.2 Å². The molecule has 0 atom stereocenters. The number of halogens is 1. The van der Waals surface area contributed by atoms with Crippen molar-refractivity contribution in [1.82, 2.24) is 10.2 Å². The number of amides is 1. The first kappa shape index (κ1) is 20.8. The van der Waals surface area contributed by atoms with Crippen LogP contribution in [0.5, 0.6) is 5.75 Å². The molecule has 136 valence electrons. The zero-order valence-electron chi connectivity index (χ0n) is 15.3. The van der Waals surface area contributed by atoms with Gasteiger partial charge in [-0.3, -0.25) is 4.79 Å². The maximum atomic E-state index is 12.2. The van der Waals surface area contributed by atoms with Crippen molar-refractivity contribution in [3.05, 3.63) is 29.8 Å². The van der Waals surface area contributed by atoms with E-state index in [2.05, 4.69) is 38.2 Å². The molecule has 0 radical (unpaired) electrons. The van der Waals surface area contributed by atoms with Crippen LogP contribution in [0.4, 0.5) is 0 Å². The third-order valence-electron chi connectivity index (χ3n) is 4.54. The fourth-order valence-corrected chi connectivity index (χ4v) is 2.96. The minimum Gasteiger partial charge on any atom is -0.484 e. The lowest BCUT2D eigenvalue weighted by molar-refractivity contribution is -0.134. The van der Waals surface area contributed by atoms with Crippen molar-refractivity contribution >= 4 is 18.3 Å². The van der Waals surface area contributed by atoms with Gasteiger partial charge in [0, 0.05) is 13.1 Å². The Morgan fingerprint density at radius 1 is 1.21 bits per heavy atom. The molecule has 2 rings (SSSR count). The average molecular weight is 355 g/mol. The van der Waals surface area contributed by atoms with Gasteiger partial charge in [-0.15, -0.1) is 12.4 Å². The van der Waals surface area contributed by atoms with E-state index >= 15 is 0 Å². The predicted molar refractivity (Wildman–Crippen MR) is 101 cm³/mol. The summed E-state index contributed by atoms with van der Waals surface area (Å²) in [6.07, 6.45) is 2.15. The second-order valence-corrected chi connectivity index (χ2v) is 7.44. The molecule has 0 bridgehead atoms. The van der Waals surface area contributed by atoms with Gasteiger partial charge in [0.1, 0.15) is 5.75 Å². The lowest BCUT2D eigenvalue weighted by atomic mass is 9.87. The van der Waals surface area contributed by atoms with E-state index in [9.17, 15) is 4.79 Å². The van der Waals surface area contributed by atoms with Crippen molar-refractivity contribution in [3.8, 4) is 5.75 Å². The lowest BCUT2D eigenvalue weighted by Crippen LogP contribution is -2.42. The van der Waals surface area contributed by atoms with Crippen LogP contribution >= 0.6 is 12.4 Å². The normalized spacial score (nSPS) is 15.8. The molecule has 0 spiro atoms. The van der Waals surface area contributed by atoms with Crippen LogP contribution in [0.3, 0.4) is 0 Å². The second kappa shape index (κ2) is 9.28. The number of piperidine rings is 1. The topological polar surface area (TPSA) is 41.6 Å². The Labute approximate surface area is 152 Å². The molecule has 0 aromatic heterocycles. The molecule has 5 heteroatoms. The quantitative estimate of drug-likeness (QED) is 0.882. The van der Waals surface area contributed by atoms with Gasteiger partial charge in [-0.2, -0.15) is 0 Å². The molecule has 4 nitrogen and oxygen atoms in total. The summed E-state index contributed by atoms with van der Waals surface area (Å²) in [5.41, 5.74) is 1.40. The van der Waals surface area contributed by atoms with Gasteiger partial charge in [-0.25, -0.2) is 0 Å². The highest BCUT2D eigenvalue weighted by Crippen LogP contribution is 2.24. The van der Waals surface area contributed by atoms with Crippen LogP contribution in [0, 0.1) is 5.92 Å². The van der Waals surface area contributed by atoms with Crippen molar-refractivity contribution < 1.29 is 9.53 Å². The van der Waals surface area contributed by atoms with E-state index in [1.54, 1.807) is 0 Å². The minimum absolute atomic E-state index is 0. The SMILES string of the molecule is CNCC1CCN(C(=O)COc2ccc(C(C)(C)C)cc2)CC1.Cl. The van der Waals surface area contributed by atoms with Crippen LogP contribution in [0.15, 0.2) is 24.3 Å². The van der Waals surface area contributed by atoms with Crippen LogP contribution in [0.1, 0.15) is 39.2 Å². The number of ether oxygens (including phenoxy) is 1. The van der Waals surface area contributed by atoms with E-state index in [1.807, 2.05) is 24.1 Å². The molecule has 1 N–H and O–H groups in total. The molecule has 1 aromatic carbocycles. The van der Waals surface area contributed by atoms with E-state index in [0.29, 0.717) is 5.92 Å². The predicted octanol–water partition coefficient (Wildman–Crippen LogP) is 3.24. The molecule has 1 aliphatic heterocycles. The van der Waals surface area contributed by atoms with Crippen molar-refractivity contribution in [1.29, 1.82) is 0 Å². The lowest BCUT2D eigenvalue weighted by Gasteiger charge is -2.31. The summed E-state index contributed by atoms with van der Waals surface area (Å²) in [5, 5.41) is 3.22. The van der Waals surface area contributed by atoms with Crippen LogP contribution in [-0.4, -0.2) is 44.1 Å². The standard InChI is InChI=1S/C19H30N2O2.ClH/c1-19(2,3)16-5-7-17(8-6-16)23-14-18(22)21-11-9-15(10-12-21)13-20-4;/h5-8,15,20H,9-14H2,1-4H3;1H. The smallest absolute Gasteiger partial charge is 0.260 e. The third kappa shape index (κ3) is 5.99. The number of carbonyl (C=O) groups excluding carboxylic acids is 1. The number of hydrogen-bond acceptors (Lipinski definition) is 3. The molecule has 0 unspecified atom stereocenters. The van der Waals surface area contributed by atoms with Crippen molar-refractivity contribution in [2.24, 2.45) is 5.92 Å². The highest BCUT2D eigenvalue weighted by atomic mass is 35.5. The highest BCUT2D eigenvalue weighted by Gasteiger charge is 2.22. The van der Waals surface area contributed by atoms with Crippen LogP contribution in [0.25, 0.3) is 0 Å². The zero-order chi connectivity index (χ0) is 16.9. The second-order valence-electron chi connectivity index (χ2n) is 7.44. The molecule has 0 saturated carbocycles. The molecule has 0 aliphatic carbocycles. The monoisotopic (exact) mass is 354 g/mol. The molecule has 1 heterocycles. The Balaban J connectivity index is 0.00000288. The summed E-state index contributed by atoms with van der Waals surface area (Å²) in [6, 6.07) is 8.05. The highest BCUT2D eigenvalue weighted by molar-refractivity contribution is 5.85. The van der Waals surface area contributed by atoms with Gasteiger partial charge in [0.25, 0.3) is 5.91 Å². The van der Waals surface area contributed by atoms with Gasteiger partial charge in [-0.05, 0) is 55.5 Å². The van der Waals surface area contributed by atoms with Crippen molar-refractivity contribution in [2.75, 3.05) is 33.3 Å². The van der Waals surface area contributed by atoms with Crippen LogP contribution < -0.4 is 10.1 Å². The molecular weight excluding hydrogens is 324 g/mol. The fourth-order valence-electron chi connectivity index (χ4n) is 2.96. The van der Waals surface area contributed by atoms with E-state index < -0.39 is 0 Å². The summed E-state index contributed by atoms with van der Waals surface area (Å²) in [4.78, 5) is 14.2. The summed E-state index contributed by atoms with van der Waals surface area (Å²) in [7, 11) is 1.98. The van der Waals surface area contributed by atoms with Crippen molar-refractivity contribution in [2.45, 2.75) is 39.0 Å². The molecule has 1 aliphatic rings. The fraction of sp³-hybridized carbons (Fsp3) is 0.632. The molecule has 1 fully saturated rings. The molecule has 1 amide bonds. The van der Waals surface area contributed by atoms with E-state index in [1.165, 1.54) is 5.56 Å². The molecule has 1 aromatic rings. The Kier molecular flexibility index (Phi) is 8.04. The van der Waals surface area contributed by atoms with Gasteiger partial charge in [0.05, 0.1) is 0 Å². The van der Waals surface area contributed by atoms with E-state index in [4.69, 9.17) is 4.74 Å². The first-order valence-electron chi connectivity index (χ1n) is 8.56. The van der Waals surface area contributed by atoms with Gasteiger partial charge < -0.3 is 15.0 Å². The molecular formula is C19H31ClN2O2. The maximum Gasteiger partial charge on any atom is 0.260 e. The number of carbonyl (C=O) groups is 1. The van der Waals surface area contributed by atoms with Gasteiger partial charge in [0.15, 0.2) is 6.61 Å². The summed E-state index contributed by atoms with van der Waals surface area (Å²) in [6.45, 7) is 9.41. The van der Waals surface area contributed by atoms with Gasteiger partial charge in [0.2, 0.25) is 0 Å². The Morgan fingerprint density at radius 3 is 2.29 bits per heavy atom. The van der Waals surface area contributed by atoms with Crippen LogP contribution in [0.2, 0.25) is 0 Å². The Bertz CT molecular complexity index is 503. The van der Waals surface area contributed by atoms with E-state index in [-0.39, 0.29) is 30.3 Å². The number of hydrogen-bond donors (Lipinski definition) is 1. The first-order chi connectivity index (χ1) is 10.9. The number of likely N-dealkylation sites (tertiary alicyclic amines) is 1. The Hall–Kier alpha value is -1.26. The van der Waals surface area contributed by atoms with Gasteiger partial charge in [-0.1, -0.05) is 32.9 Å². The third-order valence-corrected chi connectivity index (χ3v) is 4.54. The van der Waals surface area contributed by atoms with Gasteiger partial charge >= 0.3 is 0 Å². The molecule has 1 saturated heterocycles. The zero-order valence-corrected chi connectivity index (χ0v) is 16.1. The van der Waals surface area contributed by atoms with E-state index in [0.717, 1.165) is 38.2 Å². The van der Waals surface area contributed by atoms with Crippen molar-refractivity contribution in [3.63, 3.8) is 0 Å². The molecule has 24 heavy (non-hydrogen) atoms. The number of nitrogens with zero attached hydrogens (tertiary/aromatic N) is 1. The first-order valence-corrected chi connectivity index (χ1v) is 8.56. The Morgan fingerprint density at radius 2 is 1.79 bits per heavy atom. The summed E-state index contributed by atoms with van der Waals surface area (Å²) in [5.74, 6) is 1.54. The largest absolute Gasteiger partial charge is 0.484 e. The summed E-state index contributed by atoms with van der Waals surface area (Å²) < 4.78 is 5.66.